The molecule has 3 heterocycles. The summed E-state index contributed by atoms with van der Waals surface area (Å²) in [5.41, 5.74) is 1.03. The van der Waals surface area contributed by atoms with Gasteiger partial charge in [-0.15, -0.1) is 0 Å². The molecule has 0 aliphatic rings. The highest BCUT2D eigenvalue weighted by molar-refractivity contribution is 6.28. The molecule has 0 aliphatic heterocycles. The summed E-state index contributed by atoms with van der Waals surface area (Å²) in [4.78, 5) is 19.3. The maximum Gasteiger partial charge on any atom is 0.256 e. The number of aromatic amines is 1. The largest absolute Gasteiger partial charge is 0.354 e. The lowest BCUT2D eigenvalue weighted by Crippen LogP contribution is -2.11. The van der Waals surface area contributed by atoms with Gasteiger partial charge >= 0.3 is 0 Å². The quantitative estimate of drug-likeness (QED) is 0.730. The van der Waals surface area contributed by atoms with E-state index in [9.17, 15) is 0 Å². The molecule has 0 fully saturated rings. The Kier molecular flexibility index (Phi) is 3.55. The van der Waals surface area contributed by atoms with Crippen LogP contribution in [0.25, 0.3) is 5.95 Å². The molecule has 0 spiro atoms. The van der Waals surface area contributed by atoms with E-state index in [1.54, 1.807) is 31.0 Å². The SMILES string of the molecule is Clc1nc(NCCc2cnc[nH]2)nc(-n2cccn2)n1. The van der Waals surface area contributed by atoms with Crippen molar-refractivity contribution in [2.45, 2.75) is 6.42 Å². The van der Waals surface area contributed by atoms with Crippen molar-refractivity contribution < 1.29 is 0 Å². The first kappa shape index (κ1) is 12.5. The van der Waals surface area contributed by atoms with Gasteiger partial charge < -0.3 is 10.3 Å². The van der Waals surface area contributed by atoms with Gasteiger partial charge in [-0.25, -0.2) is 9.67 Å². The van der Waals surface area contributed by atoms with Crippen LogP contribution in [0, 0.1) is 0 Å². The van der Waals surface area contributed by atoms with E-state index in [0.29, 0.717) is 18.4 Å². The van der Waals surface area contributed by atoms with E-state index in [4.69, 9.17) is 11.6 Å². The fourth-order valence-corrected chi connectivity index (χ4v) is 1.79. The molecule has 3 rings (SSSR count). The van der Waals surface area contributed by atoms with E-state index in [1.165, 1.54) is 4.68 Å². The molecule has 9 heteroatoms. The topological polar surface area (TPSA) is 97.2 Å². The van der Waals surface area contributed by atoms with Crippen LogP contribution in [0.2, 0.25) is 5.28 Å². The zero-order valence-corrected chi connectivity index (χ0v) is 11.1. The minimum absolute atomic E-state index is 0.120. The number of nitrogens with one attached hydrogen (secondary N) is 2. The molecule has 0 saturated carbocycles. The smallest absolute Gasteiger partial charge is 0.256 e. The van der Waals surface area contributed by atoms with Crippen molar-refractivity contribution in [3.63, 3.8) is 0 Å². The van der Waals surface area contributed by atoms with Crippen molar-refractivity contribution in [1.82, 2.24) is 34.7 Å². The van der Waals surface area contributed by atoms with E-state index in [1.807, 2.05) is 0 Å². The third-order valence-electron chi connectivity index (χ3n) is 2.54. The number of H-pyrrole nitrogens is 1. The zero-order chi connectivity index (χ0) is 13.8. The summed E-state index contributed by atoms with van der Waals surface area (Å²) >= 11 is 5.89. The van der Waals surface area contributed by atoms with Crippen LogP contribution in [0.3, 0.4) is 0 Å². The normalized spacial score (nSPS) is 10.7. The molecular formula is C11H11ClN8. The first-order chi connectivity index (χ1) is 9.81. The minimum atomic E-state index is 0.120. The third kappa shape index (κ3) is 2.91. The van der Waals surface area contributed by atoms with Gasteiger partial charge in [0.25, 0.3) is 5.95 Å². The predicted octanol–water partition coefficient (Wildman–Crippen LogP) is 1.09. The van der Waals surface area contributed by atoms with Gasteiger partial charge in [0.1, 0.15) is 0 Å². The summed E-state index contributed by atoms with van der Waals surface area (Å²) in [5.74, 6) is 0.786. The van der Waals surface area contributed by atoms with Crippen molar-refractivity contribution in [1.29, 1.82) is 0 Å². The number of hydrogen-bond donors (Lipinski definition) is 2. The lowest BCUT2D eigenvalue weighted by atomic mass is 10.3. The maximum atomic E-state index is 5.89. The monoisotopic (exact) mass is 290 g/mol. The van der Waals surface area contributed by atoms with E-state index >= 15 is 0 Å². The first-order valence-corrected chi connectivity index (χ1v) is 6.32. The molecule has 0 radical (unpaired) electrons. The molecule has 0 aliphatic carbocycles. The molecule has 0 atom stereocenters. The summed E-state index contributed by atoms with van der Waals surface area (Å²) in [7, 11) is 0. The molecule has 0 aromatic carbocycles. The molecule has 0 unspecified atom stereocenters. The summed E-state index contributed by atoms with van der Waals surface area (Å²) in [6, 6.07) is 1.78. The summed E-state index contributed by atoms with van der Waals surface area (Å²) in [6.07, 6.45) is 7.58. The second kappa shape index (κ2) is 5.66. The Morgan fingerprint density at radius 3 is 3.00 bits per heavy atom. The Morgan fingerprint density at radius 2 is 2.25 bits per heavy atom. The lowest BCUT2D eigenvalue weighted by Gasteiger charge is -2.06. The van der Waals surface area contributed by atoms with E-state index < -0.39 is 0 Å². The van der Waals surface area contributed by atoms with Crippen molar-refractivity contribution in [2.24, 2.45) is 0 Å². The Hall–Kier alpha value is -2.48. The van der Waals surface area contributed by atoms with E-state index in [-0.39, 0.29) is 5.28 Å². The van der Waals surface area contributed by atoms with Gasteiger partial charge in [-0.2, -0.15) is 20.1 Å². The number of hydrogen-bond acceptors (Lipinski definition) is 6. The number of anilines is 1. The van der Waals surface area contributed by atoms with Crippen molar-refractivity contribution in [3.05, 3.63) is 42.0 Å². The van der Waals surface area contributed by atoms with Gasteiger partial charge in [-0.05, 0) is 17.7 Å². The summed E-state index contributed by atoms with van der Waals surface area (Å²) < 4.78 is 1.52. The van der Waals surface area contributed by atoms with Gasteiger partial charge in [0.05, 0.1) is 6.33 Å². The first-order valence-electron chi connectivity index (χ1n) is 5.94. The molecule has 2 N–H and O–H groups in total. The Bertz CT molecular complexity index is 664. The number of imidazole rings is 1. The Morgan fingerprint density at radius 1 is 1.30 bits per heavy atom. The second-order valence-electron chi connectivity index (χ2n) is 3.93. The van der Waals surface area contributed by atoms with E-state index in [0.717, 1.165) is 12.1 Å². The maximum absolute atomic E-state index is 5.89. The average Bonchev–Trinajstić information content (AvgIpc) is 3.11. The number of aromatic nitrogens is 7. The molecule has 3 aromatic rings. The minimum Gasteiger partial charge on any atom is -0.354 e. The summed E-state index contributed by atoms with van der Waals surface area (Å²) in [6.45, 7) is 0.654. The van der Waals surface area contributed by atoms with Crippen LogP contribution in [0.4, 0.5) is 5.95 Å². The van der Waals surface area contributed by atoms with Gasteiger partial charge in [-0.1, -0.05) is 0 Å². The molecule has 0 amide bonds. The Balaban J connectivity index is 1.70. The second-order valence-corrected chi connectivity index (χ2v) is 4.27. The fraction of sp³-hybridized carbons (Fsp3) is 0.182. The highest BCUT2D eigenvalue weighted by Crippen LogP contribution is 2.08. The molecule has 8 nitrogen and oxygen atoms in total. The van der Waals surface area contributed by atoms with Gasteiger partial charge in [-0.3, -0.25) is 0 Å². The van der Waals surface area contributed by atoms with E-state index in [2.05, 4.69) is 35.3 Å². The van der Waals surface area contributed by atoms with Crippen LogP contribution >= 0.6 is 11.6 Å². The molecule has 0 bridgehead atoms. The highest BCUT2D eigenvalue weighted by atomic mass is 35.5. The number of nitrogens with zero attached hydrogens (tertiary/aromatic N) is 6. The fourth-order valence-electron chi connectivity index (χ4n) is 1.64. The van der Waals surface area contributed by atoms with Crippen LogP contribution in [-0.4, -0.2) is 41.2 Å². The van der Waals surface area contributed by atoms with Crippen molar-refractivity contribution in [3.8, 4) is 5.95 Å². The standard InChI is InChI=1S/C11H11ClN8/c12-9-17-10(14-4-2-8-6-13-7-15-8)19-11(18-9)20-5-1-3-16-20/h1,3,5-7H,2,4H2,(H,13,15)(H,14,17,18,19). The number of rotatable bonds is 5. The predicted molar refractivity (Wildman–Crippen MR) is 72.7 cm³/mol. The van der Waals surface area contributed by atoms with Crippen LogP contribution in [-0.2, 0) is 6.42 Å². The Labute approximate surface area is 119 Å². The van der Waals surface area contributed by atoms with Crippen molar-refractivity contribution >= 4 is 17.5 Å². The van der Waals surface area contributed by atoms with Gasteiger partial charge in [0.15, 0.2) is 0 Å². The molecular weight excluding hydrogens is 280 g/mol. The molecule has 20 heavy (non-hydrogen) atoms. The molecule has 102 valence electrons. The van der Waals surface area contributed by atoms with Crippen LogP contribution in [0.1, 0.15) is 5.69 Å². The number of halogens is 1. The van der Waals surface area contributed by atoms with Gasteiger partial charge in [0.2, 0.25) is 11.2 Å². The summed E-state index contributed by atoms with van der Waals surface area (Å²) in [5, 5.41) is 7.26. The third-order valence-corrected chi connectivity index (χ3v) is 2.71. The zero-order valence-electron chi connectivity index (χ0n) is 10.4. The molecule has 3 aromatic heterocycles. The average molecular weight is 291 g/mol. The molecule has 0 saturated heterocycles. The van der Waals surface area contributed by atoms with Crippen LogP contribution < -0.4 is 5.32 Å². The highest BCUT2D eigenvalue weighted by Gasteiger charge is 2.06. The van der Waals surface area contributed by atoms with Crippen LogP contribution in [0.15, 0.2) is 31.0 Å². The van der Waals surface area contributed by atoms with Crippen molar-refractivity contribution in [2.75, 3.05) is 11.9 Å². The van der Waals surface area contributed by atoms with Crippen LogP contribution in [0.5, 0.6) is 0 Å². The van der Waals surface area contributed by atoms with Gasteiger partial charge in [0, 0.05) is 37.3 Å². The lowest BCUT2D eigenvalue weighted by molar-refractivity contribution is 0.793.